The van der Waals surface area contributed by atoms with Gasteiger partial charge in [-0.3, -0.25) is 14.5 Å². The Morgan fingerprint density at radius 3 is 2.36 bits per heavy atom. The molecule has 0 bridgehead atoms. The molecule has 42 heavy (non-hydrogen) atoms. The van der Waals surface area contributed by atoms with Crippen molar-refractivity contribution in [3.8, 4) is 22.7 Å². The van der Waals surface area contributed by atoms with Crippen LogP contribution in [-0.4, -0.2) is 68.4 Å². The number of aromatic nitrogens is 4. The van der Waals surface area contributed by atoms with Crippen molar-refractivity contribution in [1.82, 2.24) is 24.5 Å². The summed E-state index contributed by atoms with van der Waals surface area (Å²) in [4.78, 5) is 26.8. The van der Waals surface area contributed by atoms with E-state index in [1.54, 1.807) is 0 Å². The molecule has 0 spiro atoms. The second-order valence-electron chi connectivity index (χ2n) is 9.50. The summed E-state index contributed by atoms with van der Waals surface area (Å²) >= 11 is 6.24. The lowest BCUT2D eigenvalue weighted by Crippen LogP contribution is -2.51. The van der Waals surface area contributed by atoms with Crippen LogP contribution in [0.25, 0.3) is 16.9 Å². The van der Waals surface area contributed by atoms with Gasteiger partial charge >= 0.3 is 18.0 Å². The van der Waals surface area contributed by atoms with Crippen LogP contribution >= 0.6 is 11.6 Å². The van der Waals surface area contributed by atoms with Crippen LogP contribution < -0.4 is 4.74 Å². The minimum absolute atomic E-state index is 0.0640. The fourth-order valence-electron chi connectivity index (χ4n) is 4.61. The number of aryl methyl sites for hydroxylation is 1. The number of nitrogens with zero attached hydrogens (tertiary/aromatic N) is 5. The van der Waals surface area contributed by atoms with E-state index in [1.165, 1.54) is 25.3 Å². The Kier molecular flexibility index (Phi) is 7.03. The van der Waals surface area contributed by atoms with Gasteiger partial charge in [-0.25, -0.2) is 13.8 Å². The zero-order chi connectivity index (χ0) is 30.9. The molecule has 1 aromatic carbocycles. The number of methoxy groups -OCH3 is 1. The molecule has 0 saturated heterocycles. The topological polar surface area (TPSA) is 91.5 Å². The fourth-order valence-corrected chi connectivity index (χ4v) is 4.81. The molecular formula is C24H18ClF8N5O4. The maximum Gasteiger partial charge on any atom is 0.437 e. The Bertz CT molecular complexity index is 1570. The number of carbonyl (C=O) groups excluding carboxylic acids is 2. The number of imide groups is 1. The summed E-state index contributed by atoms with van der Waals surface area (Å²) in [6.07, 6.45) is -13.7. The summed E-state index contributed by atoms with van der Waals surface area (Å²) in [6.45, 7) is -0.380. The van der Waals surface area contributed by atoms with Crippen LogP contribution in [0, 0.1) is 0 Å². The summed E-state index contributed by atoms with van der Waals surface area (Å²) in [7, 11) is 2.17. The van der Waals surface area contributed by atoms with E-state index in [1.807, 2.05) is 0 Å². The van der Waals surface area contributed by atoms with E-state index in [4.69, 9.17) is 21.1 Å². The van der Waals surface area contributed by atoms with Gasteiger partial charge in [-0.15, -0.1) is 0 Å². The molecule has 2 aromatic heterocycles. The molecule has 1 saturated carbocycles. The molecule has 0 N–H and O–H groups in total. The minimum Gasteiger partial charge on any atom is -0.448 e. The van der Waals surface area contributed by atoms with E-state index in [-0.39, 0.29) is 34.4 Å². The van der Waals surface area contributed by atoms with Gasteiger partial charge in [-0.05, 0) is 30.5 Å². The third-order valence-electron chi connectivity index (χ3n) is 6.70. The Labute approximate surface area is 235 Å². The summed E-state index contributed by atoms with van der Waals surface area (Å²) in [5.41, 5.74) is -8.90. The average molecular weight is 628 g/mol. The highest BCUT2D eigenvalue weighted by atomic mass is 35.5. The highest BCUT2D eigenvalue weighted by molar-refractivity contribution is 6.34. The van der Waals surface area contributed by atoms with Crippen molar-refractivity contribution in [3.05, 3.63) is 46.4 Å². The second-order valence-corrected chi connectivity index (χ2v) is 9.90. The van der Waals surface area contributed by atoms with E-state index >= 15 is 4.39 Å². The van der Waals surface area contributed by atoms with Crippen molar-refractivity contribution in [2.75, 3.05) is 13.7 Å². The van der Waals surface area contributed by atoms with Crippen molar-refractivity contribution in [3.63, 3.8) is 0 Å². The van der Waals surface area contributed by atoms with Crippen molar-refractivity contribution in [1.29, 1.82) is 0 Å². The first-order valence-electron chi connectivity index (χ1n) is 12.0. The van der Waals surface area contributed by atoms with Crippen LogP contribution in [0.4, 0.5) is 35.1 Å². The number of halogens is 9. The van der Waals surface area contributed by atoms with Gasteiger partial charge in [-0.1, -0.05) is 17.7 Å². The van der Waals surface area contributed by atoms with Crippen LogP contribution in [0.2, 0.25) is 5.02 Å². The Morgan fingerprint density at radius 1 is 1.14 bits per heavy atom. The quantitative estimate of drug-likeness (QED) is 0.342. The summed E-state index contributed by atoms with van der Waals surface area (Å²) < 4.78 is 122. The number of amides is 2. The molecule has 1 aliphatic heterocycles. The average Bonchev–Trinajstić information content (AvgIpc) is 3.52. The summed E-state index contributed by atoms with van der Waals surface area (Å²) in [5, 5.41) is 6.89. The fraction of sp³-hybridized carbons (Fsp3) is 0.417. The summed E-state index contributed by atoms with van der Waals surface area (Å²) in [6, 6.07) is 3.45. The first-order chi connectivity index (χ1) is 19.5. The lowest BCUT2D eigenvalue weighted by atomic mass is 9.99. The SMILES string of the molecule is COCC(=O)N(C(=O)c1cc(-c2cnn3c2C(F)Oc2c(C(F)(C(F)(F)F)C(F)(F)F)nn(C)c2-3)ccc1Cl)C1CC1. The Balaban J connectivity index is 1.61. The van der Waals surface area contributed by atoms with Gasteiger partial charge in [0.1, 0.15) is 12.3 Å². The van der Waals surface area contributed by atoms with Crippen LogP contribution in [0.5, 0.6) is 5.75 Å². The molecule has 0 radical (unpaired) electrons. The Hall–Kier alpha value is -3.73. The zero-order valence-corrected chi connectivity index (χ0v) is 22.1. The largest absolute Gasteiger partial charge is 0.448 e. The van der Waals surface area contributed by atoms with Gasteiger partial charge in [0.15, 0.2) is 17.3 Å². The number of ether oxygens (including phenoxy) is 2. The van der Waals surface area contributed by atoms with E-state index in [0.29, 0.717) is 22.2 Å². The van der Waals surface area contributed by atoms with Crippen LogP contribution in [0.15, 0.2) is 24.4 Å². The number of fused-ring (bicyclic) bond motifs is 3. The van der Waals surface area contributed by atoms with Gasteiger partial charge in [0.05, 0.1) is 16.8 Å². The van der Waals surface area contributed by atoms with Crippen LogP contribution in [0.1, 0.15) is 40.9 Å². The standard InChI is InChI=1S/C24H18ClF8N5O4/c1-36-20-17(18(35-36)22(27,23(28,29)30)24(31,32)33)42-19(26)16-13(8-34-38(16)20)10-3-6-14(25)12(7-10)21(40)37(11-4-5-11)15(39)9-41-2/h3,6-8,11,19H,4-5,9H2,1-2H3. The number of rotatable bonds is 6. The number of benzene rings is 1. The molecule has 5 rings (SSSR count). The van der Waals surface area contributed by atoms with E-state index in [9.17, 15) is 40.3 Å². The van der Waals surface area contributed by atoms with Gasteiger partial charge < -0.3 is 9.47 Å². The van der Waals surface area contributed by atoms with Gasteiger partial charge in [0.2, 0.25) is 0 Å². The maximum atomic E-state index is 15.4. The maximum absolute atomic E-state index is 15.4. The highest BCUT2D eigenvalue weighted by Gasteiger charge is 2.76. The normalized spacial score (nSPS) is 17.0. The molecule has 2 aliphatic rings. The van der Waals surface area contributed by atoms with Crippen molar-refractivity contribution < 1.29 is 54.2 Å². The Morgan fingerprint density at radius 2 is 1.79 bits per heavy atom. The predicted molar refractivity (Wildman–Crippen MR) is 126 cm³/mol. The monoisotopic (exact) mass is 627 g/mol. The molecule has 3 aromatic rings. The van der Waals surface area contributed by atoms with Crippen molar-refractivity contribution in [2.24, 2.45) is 7.05 Å². The molecule has 18 heteroatoms. The first-order valence-corrected chi connectivity index (χ1v) is 12.3. The third-order valence-corrected chi connectivity index (χ3v) is 7.03. The number of carbonyl (C=O) groups is 2. The van der Waals surface area contributed by atoms with Crippen LogP contribution in [0.3, 0.4) is 0 Å². The summed E-state index contributed by atoms with van der Waals surface area (Å²) in [5.74, 6) is -3.55. The predicted octanol–water partition coefficient (Wildman–Crippen LogP) is 5.35. The second kappa shape index (κ2) is 9.93. The minimum atomic E-state index is -6.52. The third kappa shape index (κ3) is 4.49. The van der Waals surface area contributed by atoms with E-state index in [0.717, 1.165) is 18.1 Å². The van der Waals surface area contributed by atoms with E-state index in [2.05, 4.69) is 10.2 Å². The van der Waals surface area contributed by atoms with Crippen molar-refractivity contribution >= 4 is 23.4 Å². The molecule has 1 aliphatic carbocycles. The lowest BCUT2D eigenvalue weighted by Gasteiger charge is -2.30. The molecule has 3 heterocycles. The molecule has 1 unspecified atom stereocenters. The molecule has 2 amide bonds. The molecular weight excluding hydrogens is 610 g/mol. The molecule has 1 fully saturated rings. The van der Waals surface area contributed by atoms with Crippen LogP contribution in [-0.2, 0) is 22.2 Å². The molecule has 1 atom stereocenters. The number of hydrogen-bond donors (Lipinski definition) is 0. The smallest absolute Gasteiger partial charge is 0.437 e. The van der Waals surface area contributed by atoms with Crippen molar-refractivity contribution in [2.45, 2.75) is 43.3 Å². The highest BCUT2D eigenvalue weighted by Crippen LogP contribution is 2.57. The molecule has 9 nitrogen and oxygen atoms in total. The van der Waals surface area contributed by atoms with Gasteiger partial charge in [-0.2, -0.15) is 40.9 Å². The first kappa shape index (κ1) is 29.8. The van der Waals surface area contributed by atoms with Gasteiger partial charge in [0.25, 0.3) is 18.2 Å². The number of hydrogen-bond acceptors (Lipinski definition) is 6. The van der Waals surface area contributed by atoms with Gasteiger partial charge in [0, 0.05) is 25.8 Å². The zero-order valence-electron chi connectivity index (χ0n) is 21.4. The number of alkyl halides is 8. The molecule has 226 valence electrons. The van der Waals surface area contributed by atoms with E-state index < -0.39 is 59.1 Å². The lowest BCUT2D eigenvalue weighted by molar-refractivity contribution is -0.350.